The van der Waals surface area contributed by atoms with E-state index in [1.807, 2.05) is 0 Å². The molecule has 2 aromatic carbocycles. The molecule has 0 aromatic heterocycles. The van der Waals surface area contributed by atoms with Gasteiger partial charge in [0, 0.05) is 9.26 Å². The zero-order valence-corrected chi connectivity index (χ0v) is 15.4. The Bertz CT molecular complexity index is 925. The van der Waals surface area contributed by atoms with Crippen LogP contribution in [-0.2, 0) is 9.59 Å². The summed E-state index contributed by atoms with van der Waals surface area (Å²) < 4.78 is 0.961. The molecule has 1 heterocycles. The number of hydrogen-bond donors (Lipinski definition) is 2. The molecular weight excluding hydrogens is 459 g/mol. The number of carbonyl (C=O) groups excluding carboxylic acids is 2. The molecule has 0 fully saturated rings. The average molecular weight is 469 g/mol. The fraction of sp³-hybridized carbons (Fsp3) is 0. The van der Waals surface area contributed by atoms with Crippen LogP contribution in [0.4, 0.5) is 11.4 Å². The standard InChI is InChI=1S/C17H10ClIN2O4/c18-13-14(20-11-3-1-2-9(8-11)17(24)25)16(23)21(15(13)22)12-6-4-10(19)5-7-12/h1-8,20H,(H,24,25). The van der Waals surface area contributed by atoms with Crippen LogP contribution in [0.5, 0.6) is 0 Å². The van der Waals surface area contributed by atoms with Crippen molar-refractivity contribution < 1.29 is 19.5 Å². The van der Waals surface area contributed by atoms with Crippen LogP contribution in [0.2, 0.25) is 0 Å². The maximum absolute atomic E-state index is 12.6. The average Bonchev–Trinajstić information content (AvgIpc) is 2.80. The van der Waals surface area contributed by atoms with Gasteiger partial charge >= 0.3 is 5.97 Å². The van der Waals surface area contributed by atoms with Crippen molar-refractivity contribution in [3.05, 3.63) is 68.4 Å². The van der Waals surface area contributed by atoms with E-state index >= 15 is 0 Å². The van der Waals surface area contributed by atoms with Crippen molar-refractivity contribution in [1.82, 2.24) is 0 Å². The Morgan fingerprint density at radius 3 is 2.40 bits per heavy atom. The molecule has 2 N–H and O–H groups in total. The number of nitrogens with one attached hydrogen (secondary N) is 1. The molecule has 0 saturated heterocycles. The monoisotopic (exact) mass is 468 g/mol. The minimum absolute atomic E-state index is 0.0491. The zero-order chi connectivity index (χ0) is 18.1. The second-order valence-corrected chi connectivity index (χ2v) is 6.75. The van der Waals surface area contributed by atoms with E-state index < -0.39 is 17.8 Å². The van der Waals surface area contributed by atoms with Gasteiger partial charge in [-0.3, -0.25) is 9.59 Å². The van der Waals surface area contributed by atoms with Gasteiger partial charge in [0.25, 0.3) is 11.8 Å². The molecule has 0 bridgehead atoms. The van der Waals surface area contributed by atoms with Crippen molar-refractivity contribution in [3.8, 4) is 0 Å². The predicted molar refractivity (Wildman–Crippen MR) is 102 cm³/mol. The first-order valence-corrected chi connectivity index (χ1v) is 8.48. The maximum Gasteiger partial charge on any atom is 0.335 e. The van der Waals surface area contributed by atoms with Crippen LogP contribution in [0.15, 0.2) is 59.3 Å². The molecule has 0 unspecified atom stereocenters. The lowest BCUT2D eigenvalue weighted by Gasteiger charge is -2.15. The lowest BCUT2D eigenvalue weighted by atomic mass is 10.2. The summed E-state index contributed by atoms with van der Waals surface area (Å²) in [5.41, 5.74) is 0.712. The number of anilines is 2. The Morgan fingerprint density at radius 2 is 1.76 bits per heavy atom. The number of halogens is 2. The summed E-state index contributed by atoms with van der Waals surface area (Å²) >= 11 is 8.16. The molecule has 0 radical (unpaired) electrons. The van der Waals surface area contributed by atoms with Gasteiger partial charge in [-0.05, 0) is 65.1 Å². The van der Waals surface area contributed by atoms with E-state index in [9.17, 15) is 14.4 Å². The number of amides is 2. The van der Waals surface area contributed by atoms with E-state index in [4.69, 9.17) is 16.7 Å². The highest BCUT2D eigenvalue weighted by Gasteiger charge is 2.38. The van der Waals surface area contributed by atoms with E-state index in [1.54, 1.807) is 30.3 Å². The summed E-state index contributed by atoms with van der Waals surface area (Å²) in [4.78, 5) is 37.0. The number of aromatic carboxylic acids is 1. The fourth-order valence-corrected chi connectivity index (χ4v) is 2.88. The normalized spacial score (nSPS) is 14.2. The van der Waals surface area contributed by atoms with Crippen LogP contribution in [0.1, 0.15) is 10.4 Å². The van der Waals surface area contributed by atoms with Crippen molar-refractivity contribution >= 4 is 63.4 Å². The highest BCUT2D eigenvalue weighted by molar-refractivity contribution is 14.1. The van der Waals surface area contributed by atoms with Gasteiger partial charge in [0.15, 0.2) is 0 Å². The Morgan fingerprint density at radius 1 is 1.08 bits per heavy atom. The topological polar surface area (TPSA) is 86.7 Å². The molecule has 3 rings (SSSR count). The van der Waals surface area contributed by atoms with E-state index in [1.165, 1.54) is 18.2 Å². The molecule has 2 amide bonds. The van der Waals surface area contributed by atoms with Crippen LogP contribution >= 0.6 is 34.2 Å². The fourth-order valence-electron chi connectivity index (χ4n) is 2.31. The van der Waals surface area contributed by atoms with E-state index in [0.29, 0.717) is 11.4 Å². The number of benzene rings is 2. The van der Waals surface area contributed by atoms with Crippen molar-refractivity contribution in [2.75, 3.05) is 10.2 Å². The lowest BCUT2D eigenvalue weighted by Crippen LogP contribution is -2.32. The largest absolute Gasteiger partial charge is 0.478 e. The molecule has 8 heteroatoms. The second kappa shape index (κ2) is 6.85. The molecule has 0 atom stereocenters. The molecule has 6 nitrogen and oxygen atoms in total. The smallest absolute Gasteiger partial charge is 0.335 e. The van der Waals surface area contributed by atoms with Gasteiger partial charge in [-0.15, -0.1) is 0 Å². The summed E-state index contributed by atoms with van der Waals surface area (Å²) in [7, 11) is 0. The number of imide groups is 1. The molecule has 0 spiro atoms. The van der Waals surface area contributed by atoms with Crippen LogP contribution < -0.4 is 10.2 Å². The minimum Gasteiger partial charge on any atom is -0.478 e. The van der Waals surface area contributed by atoms with Gasteiger partial charge in [0.2, 0.25) is 0 Å². The number of nitrogens with zero attached hydrogens (tertiary/aromatic N) is 1. The Balaban J connectivity index is 1.91. The van der Waals surface area contributed by atoms with Crippen LogP contribution in [0.3, 0.4) is 0 Å². The van der Waals surface area contributed by atoms with Gasteiger partial charge in [-0.2, -0.15) is 0 Å². The van der Waals surface area contributed by atoms with Gasteiger partial charge in [0.1, 0.15) is 10.7 Å². The van der Waals surface area contributed by atoms with Gasteiger partial charge in [-0.1, -0.05) is 17.7 Å². The summed E-state index contributed by atoms with van der Waals surface area (Å²) in [5, 5.41) is 11.5. The van der Waals surface area contributed by atoms with Crippen LogP contribution in [-0.4, -0.2) is 22.9 Å². The molecular formula is C17H10ClIN2O4. The molecule has 2 aromatic rings. The highest BCUT2D eigenvalue weighted by atomic mass is 127. The summed E-state index contributed by atoms with van der Waals surface area (Å²) in [5.74, 6) is -2.33. The number of carboxylic acids is 1. The number of carboxylic acid groups (broad SMARTS) is 1. The van der Waals surface area contributed by atoms with Gasteiger partial charge in [-0.25, -0.2) is 9.69 Å². The maximum atomic E-state index is 12.6. The Hall–Kier alpha value is -2.39. The first-order chi connectivity index (χ1) is 11.9. The lowest BCUT2D eigenvalue weighted by molar-refractivity contribution is -0.120. The van der Waals surface area contributed by atoms with E-state index in [0.717, 1.165) is 8.47 Å². The van der Waals surface area contributed by atoms with Gasteiger partial charge < -0.3 is 10.4 Å². The Labute approximate surface area is 161 Å². The number of rotatable bonds is 4. The molecule has 1 aliphatic heterocycles. The third-order valence-electron chi connectivity index (χ3n) is 3.49. The zero-order valence-electron chi connectivity index (χ0n) is 12.5. The summed E-state index contributed by atoms with van der Waals surface area (Å²) in [6.07, 6.45) is 0. The number of hydrogen-bond acceptors (Lipinski definition) is 4. The summed E-state index contributed by atoms with van der Waals surface area (Å²) in [6.45, 7) is 0. The van der Waals surface area contributed by atoms with Gasteiger partial charge in [0.05, 0.1) is 11.3 Å². The van der Waals surface area contributed by atoms with Crippen molar-refractivity contribution in [1.29, 1.82) is 0 Å². The summed E-state index contributed by atoms with van der Waals surface area (Å²) in [6, 6.07) is 12.7. The van der Waals surface area contributed by atoms with Crippen molar-refractivity contribution in [2.24, 2.45) is 0 Å². The molecule has 0 saturated carbocycles. The SMILES string of the molecule is O=C(O)c1cccc(NC2=C(Cl)C(=O)N(c3ccc(I)cc3)C2=O)c1. The third kappa shape index (κ3) is 3.38. The predicted octanol–water partition coefficient (Wildman–Crippen LogP) is 3.43. The van der Waals surface area contributed by atoms with Crippen LogP contribution in [0.25, 0.3) is 0 Å². The van der Waals surface area contributed by atoms with E-state index in [2.05, 4.69) is 27.9 Å². The minimum atomic E-state index is -1.10. The molecule has 126 valence electrons. The van der Waals surface area contributed by atoms with E-state index in [-0.39, 0.29) is 16.3 Å². The highest BCUT2D eigenvalue weighted by Crippen LogP contribution is 2.30. The molecule has 25 heavy (non-hydrogen) atoms. The number of carbonyl (C=O) groups is 3. The van der Waals surface area contributed by atoms with Crippen molar-refractivity contribution in [2.45, 2.75) is 0 Å². The quantitative estimate of drug-likeness (QED) is 0.530. The first-order valence-electron chi connectivity index (χ1n) is 7.03. The first kappa shape index (κ1) is 17.4. The van der Waals surface area contributed by atoms with Crippen LogP contribution in [0, 0.1) is 3.57 Å². The second-order valence-electron chi connectivity index (χ2n) is 5.12. The van der Waals surface area contributed by atoms with Crippen molar-refractivity contribution in [3.63, 3.8) is 0 Å². The molecule has 0 aliphatic carbocycles. The third-order valence-corrected chi connectivity index (χ3v) is 4.56. The molecule has 1 aliphatic rings. The Kier molecular flexibility index (Phi) is 4.78.